The van der Waals surface area contributed by atoms with Crippen molar-refractivity contribution in [1.82, 2.24) is 15.1 Å². The van der Waals surface area contributed by atoms with Crippen molar-refractivity contribution in [2.45, 2.75) is 32.5 Å². The van der Waals surface area contributed by atoms with E-state index in [-0.39, 0.29) is 0 Å². The average Bonchev–Trinajstić information content (AvgIpc) is 3.14. The molecule has 0 fully saturated rings. The molecule has 0 aliphatic carbocycles. The van der Waals surface area contributed by atoms with Crippen LogP contribution in [0.1, 0.15) is 25.5 Å². The van der Waals surface area contributed by atoms with Crippen LogP contribution in [0.15, 0.2) is 36.7 Å². The first-order valence-electron chi connectivity index (χ1n) is 6.85. The Labute approximate surface area is 118 Å². The fourth-order valence-electron chi connectivity index (χ4n) is 2.32. The van der Waals surface area contributed by atoms with Gasteiger partial charge in [-0.15, -0.1) is 0 Å². The average molecular weight is 273 g/mol. The van der Waals surface area contributed by atoms with Crippen molar-refractivity contribution in [2.75, 3.05) is 6.79 Å². The van der Waals surface area contributed by atoms with E-state index in [1.165, 1.54) is 0 Å². The quantitative estimate of drug-likeness (QED) is 0.908. The van der Waals surface area contributed by atoms with Gasteiger partial charge in [-0.25, -0.2) is 0 Å². The molecule has 106 valence electrons. The number of para-hydroxylation sites is 1. The predicted octanol–water partition coefficient (Wildman–Crippen LogP) is 2.35. The van der Waals surface area contributed by atoms with Gasteiger partial charge in [-0.1, -0.05) is 12.1 Å². The number of hydrogen-bond acceptors (Lipinski definition) is 4. The fourth-order valence-corrected chi connectivity index (χ4v) is 2.32. The summed E-state index contributed by atoms with van der Waals surface area (Å²) < 4.78 is 12.9. The molecular weight excluding hydrogens is 254 g/mol. The molecule has 5 heteroatoms. The van der Waals surface area contributed by atoms with E-state index < -0.39 is 0 Å². The maximum atomic E-state index is 5.51. The number of nitrogens with zero attached hydrogens (tertiary/aromatic N) is 2. The number of ether oxygens (including phenoxy) is 2. The lowest BCUT2D eigenvalue weighted by Crippen LogP contribution is -2.33. The third-order valence-electron chi connectivity index (χ3n) is 3.76. The summed E-state index contributed by atoms with van der Waals surface area (Å²) in [4.78, 5) is 0. The van der Waals surface area contributed by atoms with Crippen LogP contribution in [0.5, 0.6) is 11.5 Å². The molecule has 1 aromatic carbocycles. The fraction of sp³-hybridized carbons (Fsp3) is 0.400. The van der Waals surface area contributed by atoms with E-state index in [0.29, 0.717) is 18.9 Å². The number of hydrogen-bond donors (Lipinski definition) is 1. The van der Waals surface area contributed by atoms with Gasteiger partial charge in [-0.2, -0.15) is 5.10 Å². The molecular formula is C15H19N3O2. The maximum Gasteiger partial charge on any atom is 0.231 e. The van der Waals surface area contributed by atoms with Gasteiger partial charge in [0.15, 0.2) is 11.5 Å². The van der Waals surface area contributed by atoms with Crippen molar-refractivity contribution in [3.63, 3.8) is 0 Å². The predicted molar refractivity (Wildman–Crippen MR) is 75.8 cm³/mol. The monoisotopic (exact) mass is 273 g/mol. The van der Waals surface area contributed by atoms with Gasteiger partial charge in [0, 0.05) is 30.5 Å². The molecule has 3 rings (SSSR count). The Morgan fingerprint density at radius 1 is 1.30 bits per heavy atom. The molecule has 20 heavy (non-hydrogen) atoms. The summed E-state index contributed by atoms with van der Waals surface area (Å²) in [6, 6.07) is 8.52. The Bertz CT molecular complexity index is 569. The standard InChI is InChI=1S/C15H19N3O2/c1-11(12(2)18-8-4-7-17-18)16-9-13-5-3-6-14-15(13)20-10-19-14/h3-8,11-12,16H,9-10H2,1-2H3/t11-,12-/m0/s1. The van der Waals surface area contributed by atoms with E-state index in [0.717, 1.165) is 23.6 Å². The minimum Gasteiger partial charge on any atom is -0.454 e. The second kappa shape index (κ2) is 5.54. The highest BCUT2D eigenvalue weighted by Crippen LogP contribution is 2.35. The summed E-state index contributed by atoms with van der Waals surface area (Å²) >= 11 is 0. The highest BCUT2D eigenvalue weighted by atomic mass is 16.7. The van der Waals surface area contributed by atoms with Crippen LogP contribution in [0, 0.1) is 0 Å². The molecule has 0 unspecified atom stereocenters. The van der Waals surface area contributed by atoms with Gasteiger partial charge >= 0.3 is 0 Å². The highest BCUT2D eigenvalue weighted by Gasteiger charge is 2.19. The number of rotatable bonds is 5. The van der Waals surface area contributed by atoms with Crippen molar-refractivity contribution in [3.05, 3.63) is 42.2 Å². The lowest BCUT2D eigenvalue weighted by molar-refractivity contribution is 0.173. The minimum absolute atomic E-state index is 0.291. The second-order valence-corrected chi connectivity index (χ2v) is 5.05. The SMILES string of the molecule is C[C@H](NCc1cccc2c1OCO2)[C@H](C)n1cccn1. The number of aromatic nitrogens is 2. The summed E-state index contributed by atoms with van der Waals surface area (Å²) in [6.07, 6.45) is 3.79. The van der Waals surface area contributed by atoms with Crippen molar-refractivity contribution in [1.29, 1.82) is 0 Å². The topological polar surface area (TPSA) is 48.3 Å². The molecule has 0 saturated heterocycles. The second-order valence-electron chi connectivity index (χ2n) is 5.05. The highest BCUT2D eigenvalue weighted by molar-refractivity contribution is 5.48. The first kappa shape index (κ1) is 13.0. The van der Waals surface area contributed by atoms with Crippen LogP contribution >= 0.6 is 0 Å². The normalized spacial score (nSPS) is 16.1. The van der Waals surface area contributed by atoms with Crippen molar-refractivity contribution in [2.24, 2.45) is 0 Å². The van der Waals surface area contributed by atoms with Crippen LogP contribution < -0.4 is 14.8 Å². The van der Waals surface area contributed by atoms with E-state index in [1.54, 1.807) is 6.20 Å². The largest absolute Gasteiger partial charge is 0.454 e. The number of fused-ring (bicyclic) bond motifs is 1. The van der Waals surface area contributed by atoms with Crippen molar-refractivity contribution >= 4 is 0 Å². The summed E-state index contributed by atoms with van der Waals surface area (Å²) in [5.74, 6) is 1.69. The van der Waals surface area contributed by atoms with Crippen LogP contribution in [-0.2, 0) is 6.54 Å². The summed E-state index contributed by atoms with van der Waals surface area (Å²) in [7, 11) is 0. The summed E-state index contributed by atoms with van der Waals surface area (Å²) in [5, 5.41) is 7.80. The van der Waals surface area contributed by atoms with Gasteiger partial charge in [0.25, 0.3) is 0 Å². The molecule has 1 aromatic heterocycles. The molecule has 2 aromatic rings. The van der Waals surface area contributed by atoms with E-state index in [4.69, 9.17) is 9.47 Å². The Hall–Kier alpha value is -2.01. The van der Waals surface area contributed by atoms with Crippen LogP contribution in [0.2, 0.25) is 0 Å². The van der Waals surface area contributed by atoms with Gasteiger partial charge in [0.2, 0.25) is 6.79 Å². The van der Waals surface area contributed by atoms with E-state index in [2.05, 4.69) is 30.3 Å². The van der Waals surface area contributed by atoms with Gasteiger partial charge in [-0.05, 0) is 26.0 Å². The van der Waals surface area contributed by atoms with Gasteiger partial charge in [0.05, 0.1) is 6.04 Å². The van der Waals surface area contributed by atoms with E-state index >= 15 is 0 Å². The molecule has 1 aliphatic rings. The Kier molecular flexibility index (Phi) is 3.60. The van der Waals surface area contributed by atoms with Gasteiger partial charge in [-0.3, -0.25) is 4.68 Å². The lowest BCUT2D eigenvalue weighted by atomic mass is 10.1. The Morgan fingerprint density at radius 2 is 2.20 bits per heavy atom. The van der Waals surface area contributed by atoms with Gasteiger partial charge < -0.3 is 14.8 Å². The van der Waals surface area contributed by atoms with Crippen LogP contribution in [0.3, 0.4) is 0 Å². The zero-order valence-electron chi connectivity index (χ0n) is 11.7. The Balaban J connectivity index is 1.64. The maximum absolute atomic E-state index is 5.51. The van der Waals surface area contributed by atoms with E-state index in [9.17, 15) is 0 Å². The summed E-state index contributed by atoms with van der Waals surface area (Å²) in [6.45, 7) is 5.37. The van der Waals surface area contributed by atoms with Gasteiger partial charge in [0.1, 0.15) is 0 Å². The molecule has 1 aliphatic heterocycles. The molecule has 0 radical (unpaired) electrons. The van der Waals surface area contributed by atoms with Crippen molar-refractivity contribution in [3.8, 4) is 11.5 Å². The molecule has 1 N–H and O–H groups in total. The van der Waals surface area contributed by atoms with Crippen LogP contribution in [-0.4, -0.2) is 22.6 Å². The molecule has 0 saturated carbocycles. The lowest BCUT2D eigenvalue weighted by Gasteiger charge is -2.22. The number of nitrogens with one attached hydrogen (secondary N) is 1. The van der Waals surface area contributed by atoms with Crippen LogP contribution in [0.25, 0.3) is 0 Å². The molecule has 2 atom stereocenters. The van der Waals surface area contributed by atoms with Crippen LogP contribution in [0.4, 0.5) is 0 Å². The first-order valence-corrected chi connectivity index (χ1v) is 6.85. The first-order chi connectivity index (χ1) is 9.75. The van der Waals surface area contributed by atoms with Crippen molar-refractivity contribution < 1.29 is 9.47 Å². The smallest absolute Gasteiger partial charge is 0.231 e. The summed E-state index contributed by atoms with van der Waals surface area (Å²) in [5.41, 5.74) is 1.12. The molecule has 0 bridgehead atoms. The van der Waals surface area contributed by atoms with E-state index in [1.807, 2.05) is 29.1 Å². The Morgan fingerprint density at radius 3 is 3.00 bits per heavy atom. The minimum atomic E-state index is 0.291. The zero-order valence-corrected chi connectivity index (χ0v) is 11.7. The molecule has 5 nitrogen and oxygen atoms in total. The zero-order chi connectivity index (χ0) is 13.9. The third-order valence-corrected chi connectivity index (χ3v) is 3.76. The third kappa shape index (κ3) is 2.49. The number of benzene rings is 1. The molecule has 0 spiro atoms. The molecule has 0 amide bonds. The molecule has 2 heterocycles.